The van der Waals surface area contributed by atoms with Gasteiger partial charge >= 0.3 is 5.97 Å². The summed E-state index contributed by atoms with van der Waals surface area (Å²) >= 11 is 0. The van der Waals surface area contributed by atoms with Crippen molar-refractivity contribution in [2.45, 2.75) is 13.0 Å². The number of benzene rings is 1. The van der Waals surface area contributed by atoms with E-state index < -0.39 is 12.1 Å². The minimum absolute atomic E-state index is 0.306. The van der Waals surface area contributed by atoms with Crippen LogP contribution in [0.4, 0.5) is 0 Å². The van der Waals surface area contributed by atoms with Crippen LogP contribution < -0.4 is 4.74 Å². The zero-order valence-corrected chi connectivity index (χ0v) is 9.71. The fraction of sp³-hybridized carbons (Fsp3) is 0.231. The summed E-state index contributed by atoms with van der Waals surface area (Å²) in [6.07, 6.45) is -0.426. The highest BCUT2D eigenvalue weighted by Gasteiger charge is 2.51. The summed E-state index contributed by atoms with van der Waals surface area (Å²) in [5.74, 6) is 0.199. The molecule has 0 fully saturated rings. The number of hydrogen-bond donors (Lipinski definition) is 1. The van der Waals surface area contributed by atoms with Gasteiger partial charge in [-0.25, -0.2) is 4.79 Å². The number of carbonyl (C=O) groups excluding carboxylic acids is 1. The lowest BCUT2D eigenvalue weighted by atomic mass is 10.0. The smallest absolute Gasteiger partial charge is 0.338 e. The van der Waals surface area contributed by atoms with Crippen molar-refractivity contribution < 1.29 is 19.5 Å². The van der Waals surface area contributed by atoms with E-state index >= 15 is 0 Å². The van der Waals surface area contributed by atoms with Gasteiger partial charge in [-0.15, -0.1) is 0 Å². The summed E-state index contributed by atoms with van der Waals surface area (Å²) in [6.45, 7) is 2.05. The second-order valence-electron chi connectivity index (χ2n) is 3.99. The molecular formula is C13H11NO4. The molecule has 92 valence electrons. The number of oxime groups is 1. The third-order valence-corrected chi connectivity index (χ3v) is 2.97. The molecule has 2 aliphatic rings. The van der Waals surface area contributed by atoms with Crippen molar-refractivity contribution in [1.82, 2.24) is 0 Å². The number of rotatable bonds is 2. The van der Waals surface area contributed by atoms with Gasteiger partial charge in [-0.1, -0.05) is 17.3 Å². The Balaban J connectivity index is 2.00. The van der Waals surface area contributed by atoms with E-state index in [1.54, 1.807) is 19.1 Å². The SMILES string of the molecule is CCOC(=O)C1=C2C(=NO)c3ccccc3OC12. The Morgan fingerprint density at radius 2 is 2.28 bits per heavy atom. The maximum Gasteiger partial charge on any atom is 0.338 e. The van der Waals surface area contributed by atoms with Crippen LogP contribution in [-0.2, 0) is 9.53 Å². The predicted molar refractivity (Wildman–Crippen MR) is 62.8 cm³/mol. The molecule has 1 aliphatic carbocycles. The molecule has 0 aromatic heterocycles. The number of hydrogen-bond acceptors (Lipinski definition) is 5. The Kier molecular flexibility index (Phi) is 2.33. The van der Waals surface area contributed by atoms with Crippen molar-refractivity contribution in [3.8, 4) is 5.75 Å². The van der Waals surface area contributed by atoms with Crippen molar-refractivity contribution in [3.63, 3.8) is 0 Å². The van der Waals surface area contributed by atoms with Crippen LogP contribution in [0.25, 0.3) is 0 Å². The summed E-state index contributed by atoms with van der Waals surface area (Å²) in [7, 11) is 0. The lowest BCUT2D eigenvalue weighted by Crippen LogP contribution is -2.18. The van der Waals surface area contributed by atoms with Crippen molar-refractivity contribution in [1.29, 1.82) is 0 Å². The number of fused-ring (bicyclic) bond motifs is 2. The molecule has 0 amide bonds. The van der Waals surface area contributed by atoms with Gasteiger partial charge in [-0.2, -0.15) is 0 Å². The number of ether oxygens (including phenoxy) is 2. The molecule has 5 nitrogen and oxygen atoms in total. The molecule has 1 aromatic carbocycles. The summed E-state index contributed by atoms with van der Waals surface area (Å²) in [6, 6.07) is 7.21. The molecule has 0 radical (unpaired) electrons. The van der Waals surface area contributed by atoms with Gasteiger partial charge in [0.1, 0.15) is 11.5 Å². The quantitative estimate of drug-likeness (QED) is 0.487. The molecule has 1 atom stereocenters. The van der Waals surface area contributed by atoms with Crippen LogP contribution in [0.5, 0.6) is 5.75 Å². The zero-order valence-electron chi connectivity index (χ0n) is 9.71. The number of para-hydroxylation sites is 1. The first-order valence-corrected chi connectivity index (χ1v) is 5.67. The molecule has 0 spiro atoms. The molecule has 1 heterocycles. The normalized spacial score (nSPS) is 22.1. The van der Waals surface area contributed by atoms with Crippen LogP contribution in [0.15, 0.2) is 40.6 Å². The van der Waals surface area contributed by atoms with E-state index in [0.717, 1.165) is 0 Å². The van der Waals surface area contributed by atoms with Crippen LogP contribution in [0.1, 0.15) is 12.5 Å². The first-order chi connectivity index (χ1) is 8.77. The number of nitrogens with zero attached hydrogens (tertiary/aromatic N) is 1. The summed E-state index contributed by atoms with van der Waals surface area (Å²) in [5, 5.41) is 12.4. The Hall–Kier alpha value is -2.30. The summed E-state index contributed by atoms with van der Waals surface area (Å²) in [4.78, 5) is 11.7. The van der Waals surface area contributed by atoms with E-state index in [0.29, 0.717) is 34.8 Å². The van der Waals surface area contributed by atoms with Gasteiger partial charge in [0, 0.05) is 11.1 Å². The average molecular weight is 245 g/mol. The maximum atomic E-state index is 11.7. The van der Waals surface area contributed by atoms with Crippen molar-refractivity contribution in [2.75, 3.05) is 6.61 Å². The minimum atomic E-state index is -0.426. The molecule has 0 saturated heterocycles. The molecular weight excluding hydrogens is 234 g/mol. The van der Waals surface area contributed by atoms with Crippen LogP contribution in [-0.4, -0.2) is 29.6 Å². The fourth-order valence-corrected chi connectivity index (χ4v) is 2.14. The fourth-order valence-electron chi connectivity index (χ4n) is 2.14. The van der Waals surface area contributed by atoms with Crippen molar-refractivity contribution in [3.05, 3.63) is 41.0 Å². The van der Waals surface area contributed by atoms with Crippen LogP contribution in [0.2, 0.25) is 0 Å². The highest BCUT2D eigenvalue weighted by Crippen LogP contribution is 2.45. The largest absolute Gasteiger partial charge is 0.480 e. The zero-order chi connectivity index (χ0) is 12.7. The topological polar surface area (TPSA) is 68.1 Å². The Morgan fingerprint density at radius 1 is 1.50 bits per heavy atom. The van der Waals surface area contributed by atoms with E-state index in [2.05, 4.69) is 5.16 Å². The third kappa shape index (κ3) is 1.40. The first-order valence-electron chi connectivity index (χ1n) is 5.67. The van der Waals surface area contributed by atoms with E-state index in [-0.39, 0.29) is 0 Å². The van der Waals surface area contributed by atoms with Crippen LogP contribution in [0.3, 0.4) is 0 Å². The molecule has 0 saturated carbocycles. The Morgan fingerprint density at radius 3 is 3.00 bits per heavy atom. The highest BCUT2D eigenvalue weighted by atomic mass is 16.5. The average Bonchev–Trinajstić information content (AvgIpc) is 3.09. The molecule has 1 aromatic rings. The Labute approximate surface area is 103 Å². The highest BCUT2D eigenvalue weighted by molar-refractivity contribution is 6.24. The van der Waals surface area contributed by atoms with Gasteiger partial charge < -0.3 is 14.7 Å². The van der Waals surface area contributed by atoms with E-state index in [4.69, 9.17) is 14.7 Å². The summed E-state index contributed by atoms with van der Waals surface area (Å²) < 4.78 is 10.6. The predicted octanol–water partition coefficient (Wildman–Crippen LogP) is 1.50. The number of esters is 1. The van der Waals surface area contributed by atoms with E-state index in [1.165, 1.54) is 0 Å². The molecule has 18 heavy (non-hydrogen) atoms. The molecule has 1 aliphatic heterocycles. The Bertz CT molecular complexity index is 588. The van der Waals surface area contributed by atoms with Gasteiger partial charge in [-0.3, -0.25) is 0 Å². The van der Waals surface area contributed by atoms with Gasteiger partial charge in [0.2, 0.25) is 0 Å². The second kappa shape index (κ2) is 3.87. The van der Waals surface area contributed by atoms with Crippen LogP contribution >= 0.6 is 0 Å². The van der Waals surface area contributed by atoms with Gasteiger partial charge in [-0.05, 0) is 19.1 Å². The molecule has 1 unspecified atom stereocenters. The minimum Gasteiger partial charge on any atom is -0.480 e. The maximum absolute atomic E-state index is 11.7. The van der Waals surface area contributed by atoms with E-state index in [1.807, 2.05) is 12.1 Å². The first kappa shape index (κ1) is 10.8. The molecule has 1 N–H and O–H groups in total. The number of carbonyl (C=O) groups is 1. The van der Waals surface area contributed by atoms with Crippen molar-refractivity contribution >= 4 is 11.7 Å². The molecule has 0 bridgehead atoms. The van der Waals surface area contributed by atoms with Crippen LogP contribution in [0, 0.1) is 0 Å². The van der Waals surface area contributed by atoms with Gasteiger partial charge in [0.05, 0.1) is 12.2 Å². The summed E-state index contributed by atoms with van der Waals surface area (Å²) in [5.41, 5.74) is 2.14. The standard InChI is InChI=1S/C13H11NO4/c1-2-17-13(15)10-9-11(14-16)7-5-3-4-6-8(7)18-12(9)10/h3-6,12,16H,2H2,1H3. The lowest BCUT2D eigenvalue weighted by Gasteiger charge is -2.16. The van der Waals surface area contributed by atoms with Gasteiger partial charge in [0.25, 0.3) is 0 Å². The lowest BCUT2D eigenvalue weighted by molar-refractivity contribution is -0.138. The molecule has 3 rings (SSSR count). The van der Waals surface area contributed by atoms with Gasteiger partial charge in [0.15, 0.2) is 6.10 Å². The van der Waals surface area contributed by atoms with Crippen molar-refractivity contribution in [2.24, 2.45) is 5.16 Å². The van der Waals surface area contributed by atoms with E-state index in [9.17, 15) is 4.79 Å². The third-order valence-electron chi connectivity index (χ3n) is 2.97. The monoisotopic (exact) mass is 245 g/mol. The molecule has 5 heteroatoms. The second-order valence-corrected chi connectivity index (χ2v) is 3.99.